The first-order valence-corrected chi connectivity index (χ1v) is 12.5. The molecule has 0 spiro atoms. The predicted molar refractivity (Wildman–Crippen MR) is 146 cm³/mol. The summed E-state index contributed by atoms with van der Waals surface area (Å²) >= 11 is 6.41. The smallest absolute Gasteiger partial charge is 0.253 e. The average Bonchev–Trinajstić information content (AvgIpc) is 3.52. The maximum Gasteiger partial charge on any atom is 0.253 e. The van der Waals surface area contributed by atoms with Crippen molar-refractivity contribution in [1.82, 2.24) is 24.4 Å². The monoisotopic (exact) mass is 519 g/mol. The number of benzene rings is 2. The average molecular weight is 520 g/mol. The first-order chi connectivity index (χ1) is 17.8. The maximum atomic E-state index is 13.5. The number of methoxy groups -OCH3 is 1. The molecule has 1 unspecified atom stereocenters. The number of hydrogen-bond acceptors (Lipinski definition) is 7. The molecule has 1 saturated heterocycles. The Morgan fingerprint density at radius 2 is 2.00 bits per heavy atom. The lowest BCUT2D eigenvalue weighted by atomic mass is 10.1. The van der Waals surface area contributed by atoms with Crippen molar-refractivity contribution in [2.75, 3.05) is 44.9 Å². The van der Waals surface area contributed by atoms with Crippen LogP contribution in [0.1, 0.15) is 22.3 Å². The molecule has 2 aromatic carbocycles. The Hall–Kier alpha value is -3.82. The number of hydrogen-bond donors (Lipinski definition) is 1. The number of halogens is 1. The van der Waals surface area contributed by atoms with E-state index in [0.29, 0.717) is 23.6 Å². The van der Waals surface area contributed by atoms with Crippen molar-refractivity contribution in [3.63, 3.8) is 0 Å². The number of fused-ring (bicyclic) bond motifs is 1. The van der Waals surface area contributed by atoms with Crippen molar-refractivity contribution in [3.05, 3.63) is 77.1 Å². The second kappa shape index (κ2) is 10.3. The van der Waals surface area contributed by atoms with E-state index in [1.165, 1.54) is 4.52 Å². The Labute approximate surface area is 221 Å². The zero-order valence-electron chi connectivity index (χ0n) is 21.1. The number of rotatable bonds is 7. The van der Waals surface area contributed by atoms with Gasteiger partial charge in [0.25, 0.3) is 5.91 Å². The van der Waals surface area contributed by atoms with E-state index in [4.69, 9.17) is 22.1 Å². The number of likely N-dealkylation sites (N-methyl/N-ethyl adjacent to an activating group) is 2. The Balaban J connectivity index is 1.56. The summed E-state index contributed by atoms with van der Waals surface area (Å²) in [6, 6.07) is 17.5. The first-order valence-electron chi connectivity index (χ1n) is 12.1. The summed E-state index contributed by atoms with van der Waals surface area (Å²) in [7, 11) is 5.61. The number of nitrogens with two attached hydrogens (primary N) is 1. The van der Waals surface area contributed by atoms with Crippen molar-refractivity contribution in [2.24, 2.45) is 0 Å². The Morgan fingerprint density at radius 1 is 1.22 bits per heavy atom. The second-order valence-electron chi connectivity index (χ2n) is 9.38. The molecule has 0 bridgehead atoms. The summed E-state index contributed by atoms with van der Waals surface area (Å²) in [5.74, 6) is 1.16. The molecule has 9 nitrogen and oxygen atoms in total. The number of ether oxygens (including phenoxy) is 1. The minimum Gasteiger partial charge on any atom is -0.497 e. The Kier molecular flexibility index (Phi) is 6.90. The van der Waals surface area contributed by atoms with Crippen LogP contribution in [0.3, 0.4) is 0 Å². The van der Waals surface area contributed by atoms with E-state index in [-0.39, 0.29) is 17.1 Å². The van der Waals surface area contributed by atoms with Crippen LogP contribution in [0, 0.1) is 0 Å². The van der Waals surface area contributed by atoms with Crippen LogP contribution in [0.5, 0.6) is 5.75 Å². The number of amides is 1. The molecule has 4 aromatic rings. The lowest BCUT2D eigenvalue weighted by Gasteiger charge is -2.28. The van der Waals surface area contributed by atoms with Gasteiger partial charge in [0.1, 0.15) is 11.6 Å². The summed E-state index contributed by atoms with van der Waals surface area (Å²) in [5.41, 5.74) is 9.87. The molecule has 2 N–H and O–H groups in total. The predicted octanol–water partition coefficient (Wildman–Crippen LogP) is 4.09. The van der Waals surface area contributed by atoms with Crippen LogP contribution in [0.2, 0.25) is 5.15 Å². The van der Waals surface area contributed by atoms with E-state index in [1.807, 2.05) is 60.5 Å². The summed E-state index contributed by atoms with van der Waals surface area (Å²) < 4.78 is 6.85. The number of nitrogens with zero attached hydrogens (tertiary/aromatic N) is 6. The number of carbonyl (C=O) groups excluding carboxylic acids is 1. The van der Waals surface area contributed by atoms with E-state index in [1.54, 1.807) is 19.4 Å². The van der Waals surface area contributed by atoms with Gasteiger partial charge >= 0.3 is 0 Å². The van der Waals surface area contributed by atoms with Gasteiger partial charge in [-0.05, 0) is 55.9 Å². The molecule has 1 atom stereocenters. The third-order valence-corrected chi connectivity index (χ3v) is 7.06. The molecule has 0 saturated carbocycles. The molecule has 10 heteroatoms. The zero-order valence-corrected chi connectivity index (χ0v) is 21.9. The van der Waals surface area contributed by atoms with Gasteiger partial charge < -0.3 is 25.2 Å². The number of nitrogen functional groups attached to an aromatic ring is 1. The van der Waals surface area contributed by atoms with Crippen molar-refractivity contribution >= 4 is 40.3 Å². The normalized spacial score (nSPS) is 15.7. The van der Waals surface area contributed by atoms with Crippen LogP contribution in [0.4, 0.5) is 17.2 Å². The second-order valence-corrected chi connectivity index (χ2v) is 9.76. The molecule has 1 aliphatic heterocycles. The highest BCUT2D eigenvalue weighted by atomic mass is 35.5. The van der Waals surface area contributed by atoms with Gasteiger partial charge in [-0.15, -0.1) is 0 Å². The number of carbonyl (C=O) groups is 1. The fourth-order valence-corrected chi connectivity index (χ4v) is 4.95. The van der Waals surface area contributed by atoms with Gasteiger partial charge in [0, 0.05) is 43.5 Å². The van der Waals surface area contributed by atoms with Crippen LogP contribution in [0.15, 0.2) is 60.8 Å². The molecule has 0 aliphatic carbocycles. The Bertz CT molecular complexity index is 1420. The summed E-state index contributed by atoms with van der Waals surface area (Å²) in [6.07, 6.45) is 2.53. The van der Waals surface area contributed by atoms with Gasteiger partial charge in [-0.25, -0.2) is 4.98 Å². The molecule has 5 rings (SSSR count). The van der Waals surface area contributed by atoms with Crippen molar-refractivity contribution in [1.29, 1.82) is 0 Å². The summed E-state index contributed by atoms with van der Waals surface area (Å²) in [6.45, 7) is 2.36. The van der Waals surface area contributed by atoms with E-state index < -0.39 is 0 Å². The fourth-order valence-electron chi connectivity index (χ4n) is 4.77. The number of imidazole rings is 1. The van der Waals surface area contributed by atoms with Crippen molar-refractivity contribution < 1.29 is 9.53 Å². The first kappa shape index (κ1) is 24.9. The minimum atomic E-state index is -0.00508. The molecular weight excluding hydrogens is 490 g/mol. The molecule has 37 heavy (non-hydrogen) atoms. The molecule has 0 radical (unpaired) electrons. The molecular formula is C27H30ClN7O2. The van der Waals surface area contributed by atoms with Crippen LogP contribution in [-0.2, 0) is 6.54 Å². The van der Waals surface area contributed by atoms with Crippen molar-refractivity contribution in [3.8, 4) is 5.75 Å². The van der Waals surface area contributed by atoms with Crippen LogP contribution in [0.25, 0.3) is 5.65 Å². The third kappa shape index (κ3) is 5.05. The number of aromatic nitrogens is 3. The SMILES string of the molecule is COc1ccc(CN(c2cccc(C(=O)N(C)C3CCN(C)C3)c2)c2cc(Cl)nn3c(N)cnc23)cc1. The van der Waals surface area contributed by atoms with Crippen LogP contribution in [-0.4, -0.2) is 70.6 Å². The minimum absolute atomic E-state index is 0.00508. The molecule has 1 fully saturated rings. The molecule has 2 aromatic heterocycles. The topological polar surface area (TPSA) is 92.2 Å². The lowest BCUT2D eigenvalue weighted by Crippen LogP contribution is -2.38. The van der Waals surface area contributed by atoms with Crippen LogP contribution >= 0.6 is 11.6 Å². The van der Waals surface area contributed by atoms with E-state index in [2.05, 4.69) is 26.9 Å². The fraction of sp³-hybridized carbons (Fsp3) is 0.296. The highest BCUT2D eigenvalue weighted by molar-refractivity contribution is 6.29. The zero-order chi connectivity index (χ0) is 26.1. The number of anilines is 3. The third-order valence-electron chi connectivity index (χ3n) is 6.87. The van der Waals surface area contributed by atoms with Crippen LogP contribution < -0.4 is 15.4 Å². The standard InChI is InChI=1S/C27H30ClN7O2/c1-32-12-11-21(17-32)33(2)27(36)19-5-4-6-20(13-19)34(16-18-7-9-22(37-3)10-8-18)23-14-24(28)31-35-25(29)15-30-26(23)35/h4-10,13-15,21H,11-12,16-17,29H2,1-3H3. The Morgan fingerprint density at radius 3 is 2.70 bits per heavy atom. The van der Waals surface area contributed by atoms with Gasteiger partial charge in [0.15, 0.2) is 10.8 Å². The highest BCUT2D eigenvalue weighted by Crippen LogP contribution is 2.34. The van der Waals surface area contributed by atoms with Gasteiger partial charge in [-0.3, -0.25) is 4.79 Å². The van der Waals surface area contributed by atoms with E-state index in [0.717, 1.165) is 42.2 Å². The molecule has 3 heterocycles. The number of likely N-dealkylation sites (tertiary alicyclic amines) is 1. The maximum absolute atomic E-state index is 13.5. The van der Waals surface area contributed by atoms with Crippen molar-refractivity contribution in [2.45, 2.75) is 19.0 Å². The lowest BCUT2D eigenvalue weighted by molar-refractivity contribution is 0.0737. The van der Waals surface area contributed by atoms with Gasteiger partial charge in [-0.1, -0.05) is 29.8 Å². The largest absolute Gasteiger partial charge is 0.497 e. The van der Waals surface area contributed by atoms with Gasteiger partial charge in [0.05, 0.1) is 19.0 Å². The quantitative estimate of drug-likeness (QED) is 0.393. The van der Waals surface area contributed by atoms with Gasteiger partial charge in [0.2, 0.25) is 0 Å². The van der Waals surface area contributed by atoms with Gasteiger partial charge in [-0.2, -0.15) is 9.61 Å². The van der Waals surface area contributed by atoms with E-state index in [9.17, 15) is 4.79 Å². The molecule has 192 valence electrons. The summed E-state index contributed by atoms with van der Waals surface area (Å²) in [4.78, 5) is 24.1. The highest BCUT2D eigenvalue weighted by Gasteiger charge is 2.27. The molecule has 1 amide bonds. The summed E-state index contributed by atoms with van der Waals surface area (Å²) in [5, 5.41) is 4.59. The molecule has 1 aliphatic rings. The van der Waals surface area contributed by atoms with E-state index >= 15 is 0 Å².